The highest BCUT2D eigenvalue weighted by molar-refractivity contribution is 6.27. The molecule has 0 aliphatic heterocycles. The minimum absolute atomic E-state index is 0.597. The van der Waals surface area contributed by atoms with Gasteiger partial charge in [-0.1, -0.05) is 182 Å². The van der Waals surface area contributed by atoms with E-state index in [1.165, 1.54) is 10.8 Å². The molecule has 5 nitrogen and oxygen atoms in total. The van der Waals surface area contributed by atoms with Gasteiger partial charge in [-0.15, -0.1) is 0 Å². The van der Waals surface area contributed by atoms with Crippen molar-refractivity contribution in [2.75, 3.05) is 0 Å². The Hall–Kier alpha value is -8.28. The molecule has 2 aromatic heterocycles. The van der Waals surface area contributed by atoms with Crippen molar-refractivity contribution in [1.82, 2.24) is 19.9 Å². The Morgan fingerprint density at radius 3 is 1.70 bits per heavy atom. The molecule has 0 saturated heterocycles. The maximum Gasteiger partial charge on any atom is 0.227 e. The molecule has 2 heterocycles. The lowest BCUT2D eigenvalue weighted by Crippen LogP contribution is -2.01. The monoisotopic (exact) mass is 778 g/mol. The summed E-state index contributed by atoms with van der Waals surface area (Å²) in [6.45, 7) is 0. The fourth-order valence-corrected chi connectivity index (χ4v) is 8.87. The molecule has 0 aliphatic carbocycles. The van der Waals surface area contributed by atoms with Crippen LogP contribution in [0.3, 0.4) is 0 Å². The van der Waals surface area contributed by atoms with Gasteiger partial charge in [0, 0.05) is 33.0 Å². The van der Waals surface area contributed by atoms with Crippen LogP contribution in [0.4, 0.5) is 0 Å². The molecule has 0 saturated carbocycles. The van der Waals surface area contributed by atoms with Gasteiger partial charge in [-0.3, -0.25) is 0 Å². The van der Waals surface area contributed by atoms with Crippen LogP contribution in [0, 0.1) is 0 Å². The van der Waals surface area contributed by atoms with Gasteiger partial charge in [0.05, 0.1) is 0 Å². The van der Waals surface area contributed by atoms with E-state index >= 15 is 0 Å². The largest absolute Gasteiger partial charge is 0.435 e. The molecular weight excluding hydrogens is 745 g/mol. The van der Waals surface area contributed by atoms with Crippen LogP contribution < -0.4 is 0 Å². The van der Waals surface area contributed by atoms with Gasteiger partial charge in [0.1, 0.15) is 5.52 Å². The van der Waals surface area contributed by atoms with Crippen molar-refractivity contribution in [3.63, 3.8) is 0 Å². The Morgan fingerprint density at radius 2 is 0.852 bits per heavy atom. The van der Waals surface area contributed by atoms with Crippen molar-refractivity contribution >= 4 is 54.2 Å². The van der Waals surface area contributed by atoms with Crippen molar-refractivity contribution in [1.29, 1.82) is 0 Å². The minimum Gasteiger partial charge on any atom is -0.435 e. The zero-order valence-corrected chi connectivity index (χ0v) is 32.8. The van der Waals surface area contributed by atoms with Gasteiger partial charge < -0.3 is 4.42 Å². The zero-order chi connectivity index (χ0) is 40.3. The molecule has 0 atom stereocenters. The van der Waals surface area contributed by atoms with Crippen LogP contribution in [0.5, 0.6) is 0 Å². The second kappa shape index (κ2) is 14.2. The van der Waals surface area contributed by atoms with Crippen molar-refractivity contribution in [2.24, 2.45) is 0 Å². The first-order chi connectivity index (χ1) is 30.2. The van der Waals surface area contributed by atoms with E-state index in [1.807, 2.05) is 42.5 Å². The number of nitrogens with zero attached hydrogens (tertiary/aromatic N) is 4. The van der Waals surface area contributed by atoms with E-state index < -0.39 is 0 Å². The number of benzene rings is 10. The van der Waals surface area contributed by atoms with Crippen LogP contribution >= 0.6 is 0 Å². The van der Waals surface area contributed by atoms with Gasteiger partial charge in [0.2, 0.25) is 5.89 Å². The molecule has 12 aromatic rings. The van der Waals surface area contributed by atoms with Gasteiger partial charge in [-0.25, -0.2) is 19.9 Å². The average molecular weight is 779 g/mol. The lowest BCUT2D eigenvalue weighted by molar-refractivity contribution is 0.623. The molecule has 0 fully saturated rings. The number of fused-ring (bicyclic) bond motifs is 8. The Kier molecular flexibility index (Phi) is 8.10. The second-order valence-corrected chi connectivity index (χ2v) is 15.4. The fourth-order valence-electron chi connectivity index (χ4n) is 8.87. The molecule has 0 aliphatic rings. The third-order valence-corrected chi connectivity index (χ3v) is 11.7. The fraction of sp³-hybridized carbons (Fsp3) is 0. The van der Waals surface area contributed by atoms with Crippen molar-refractivity contribution in [2.45, 2.75) is 0 Å². The molecule has 0 spiro atoms. The Morgan fingerprint density at radius 1 is 0.295 bits per heavy atom. The summed E-state index contributed by atoms with van der Waals surface area (Å²) in [5.74, 6) is 2.41. The minimum atomic E-state index is 0.597. The molecule has 0 radical (unpaired) electrons. The van der Waals surface area contributed by atoms with E-state index in [-0.39, 0.29) is 0 Å². The maximum absolute atomic E-state index is 6.64. The van der Waals surface area contributed by atoms with Crippen molar-refractivity contribution in [3.8, 4) is 67.9 Å². The van der Waals surface area contributed by atoms with Crippen LogP contribution in [-0.2, 0) is 0 Å². The Labute approximate surface area is 351 Å². The molecule has 0 unspecified atom stereocenters. The molecule has 12 rings (SSSR count). The summed E-state index contributed by atoms with van der Waals surface area (Å²) in [5.41, 5.74) is 9.70. The van der Waals surface area contributed by atoms with Crippen LogP contribution in [-0.4, -0.2) is 19.9 Å². The number of hydrogen-bond acceptors (Lipinski definition) is 5. The third-order valence-electron chi connectivity index (χ3n) is 11.7. The number of oxazole rings is 1. The summed E-state index contributed by atoms with van der Waals surface area (Å²) in [5, 5.41) is 8.85. The quantitative estimate of drug-likeness (QED) is 0.157. The van der Waals surface area contributed by atoms with Crippen molar-refractivity contribution < 1.29 is 4.42 Å². The van der Waals surface area contributed by atoms with Gasteiger partial charge >= 0.3 is 0 Å². The summed E-state index contributed by atoms with van der Waals surface area (Å²) in [4.78, 5) is 20.9. The van der Waals surface area contributed by atoms with Crippen molar-refractivity contribution in [3.05, 3.63) is 206 Å². The highest BCUT2D eigenvalue weighted by Gasteiger charge is 2.20. The molecule has 0 N–H and O–H groups in total. The highest BCUT2D eigenvalue weighted by atomic mass is 16.3. The first-order valence-corrected chi connectivity index (χ1v) is 20.5. The third kappa shape index (κ3) is 5.94. The molecule has 10 aromatic carbocycles. The van der Waals surface area contributed by atoms with Gasteiger partial charge in [-0.2, -0.15) is 0 Å². The van der Waals surface area contributed by atoms with Crippen LogP contribution in [0.2, 0.25) is 0 Å². The molecule has 61 heavy (non-hydrogen) atoms. The SMILES string of the molecule is c1ccc(-c2nc3ccc4ccc5ccc6c(-c7nc(-c8cccc(-c9cccc%10ccccc9%10)c8)nc(-c8ccccc8-c8ccccc8)n7)cccc6c5c4c3o2)cc1. The second-order valence-electron chi connectivity index (χ2n) is 15.4. The number of rotatable bonds is 6. The van der Waals surface area contributed by atoms with Gasteiger partial charge in [0.15, 0.2) is 23.1 Å². The molecular formula is C56H34N4O. The number of hydrogen-bond donors (Lipinski definition) is 0. The summed E-state index contributed by atoms with van der Waals surface area (Å²) < 4.78 is 6.64. The number of aromatic nitrogens is 4. The van der Waals surface area contributed by atoms with E-state index in [2.05, 4.69) is 164 Å². The lowest BCUT2D eigenvalue weighted by atomic mass is 9.93. The summed E-state index contributed by atoms with van der Waals surface area (Å²) in [7, 11) is 0. The van der Waals surface area contributed by atoms with Crippen LogP contribution in [0.15, 0.2) is 211 Å². The summed E-state index contributed by atoms with van der Waals surface area (Å²) in [6.07, 6.45) is 0. The van der Waals surface area contributed by atoms with Crippen LogP contribution in [0.25, 0.3) is 122 Å². The highest BCUT2D eigenvalue weighted by Crippen LogP contribution is 2.41. The summed E-state index contributed by atoms with van der Waals surface area (Å²) >= 11 is 0. The predicted octanol–water partition coefficient (Wildman–Crippen LogP) is 14.6. The predicted molar refractivity (Wildman–Crippen MR) is 250 cm³/mol. The van der Waals surface area contributed by atoms with Gasteiger partial charge in [0.25, 0.3) is 0 Å². The maximum atomic E-state index is 6.64. The van der Waals surface area contributed by atoms with E-state index in [0.717, 1.165) is 87.9 Å². The smallest absolute Gasteiger partial charge is 0.227 e. The van der Waals surface area contributed by atoms with Crippen LogP contribution in [0.1, 0.15) is 0 Å². The summed E-state index contributed by atoms with van der Waals surface area (Å²) in [6, 6.07) is 71.7. The zero-order valence-electron chi connectivity index (χ0n) is 32.8. The molecule has 0 amide bonds. The molecule has 0 bridgehead atoms. The van der Waals surface area contributed by atoms with E-state index in [4.69, 9.17) is 24.4 Å². The standard InChI is InChI=1S/C56H34N4O/c1-3-14-35(15-4-1)43-23-9-10-24-47(43)54-58-53(41-21-11-20-40(34-41)44-25-12-19-36-16-7-8-22-42(36)44)59-55(60-54)48-27-13-26-46-45(48)32-30-37-28-29-38-31-33-49-52(51(38)50(37)46)61-56(57-49)39-17-5-2-6-18-39/h1-34H. The first kappa shape index (κ1) is 34.7. The van der Waals surface area contributed by atoms with Gasteiger partial charge in [-0.05, 0) is 78.8 Å². The Bertz CT molecular complexity index is 3650. The normalized spacial score (nSPS) is 11.6. The average Bonchev–Trinajstić information content (AvgIpc) is 3.79. The van der Waals surface area contributed by atoms with E-state index in [9.17, 15) is 0 Å². The Balaban J connectivity index is 1.10. The topological polar surface area (TPSA) is 64.7 Å². The van der Waals surface area contributed by atoms with E-state index in [0.29, 0.717) is 23.4 Å². The van der Waals surface area contributed by atoms with E-state index in [1.54, 1.807) is 0 Å². The molecule has 284 valence electrons. The lowest BCUT2D eigenvalue weighted by Gasteiger charge is -2.14. The molecule has 5 heteroatoms. The first-order valence-electron chi connectivity index (χ1n) is 20.5.